The van der Waals surface area contributed by atoms with E-state index in [0.29, 0.717) is 6.54 Å². The highest BCUT2D eigenvalue weighted by atomic mass is 16.3. The molecular formula is C8H13N3O. The van der Waals surface area contributed by atoms with Crippen molar-refractivity contribution in [1.82, 2.24) is 9.55 Å². The van der Waals surface area contributed by atoms with Crippen LogP contribution in [-0.2, 0) is 7.05 Å². The molecule has 4 heteroatoms. The summed E-state index contributed by atoms with van der Waals surface area (Å²) in [5.74, 6) is 0.951. The Kier molecular flexibility index (Phi) is 1.77. The van der Waals surface area contributed by atoms with Crippen LogP contribution in [0, 0.1) is 0 Å². The fraction of sp³-hybridized carbons (Fsp3) is 0.625. The first-order valence-electron chi connectivity index (χ1n) is 4.17. The lowest BCUT2D eigenvalue weighted by molar-refractivity contribution is 0.198. The number of β-amino-alcohol motifs (C(OH)–C–C–N with tert-alkyl or cyclic N) is 1. The fourth-order valence-corrected chi connectivity index (χ4v) is 1.59. The fourth-order valence-electron chi connectivity index (χ4n) is 1.59. The highest BCUT2D eigenvalue weighted by Crippen LogP contribution is 2.16. The monoisotopic (exact) mass is 167 g/mol. The summed E-state index contributed by atoms with van der Waals surface area (Å²) in [6.07, 6.45) is 4.37. The number of aryl methyl sites for hydroxylation is 1. The number of aliphatic hydroxyl groups is 1. The number of hydrogen-bond donors (Lipinski definition) is 1. The van der Waals surface area contributed by atoms with Crippen molar-refractivity contribution in [1.29, 1.82) is 0 Å². The van der Waals surface area contributed by atoms with Crippen LogP contribution < -0.4 is 4.90 Å². The van der Waals surface area contributed by atoms with Crippen molar-refractivity contribution in [3.05, 3.63) is 12.4 Å². The number of hydrogen-bond acceptors (Lipinski definition) is 3. The molecule has 2 rings (SSSR count). The van der Waals surface area contributed by atoms with E-state index in [1.807, 2.05) is 17.8 Å². The lowest BCUT2D eigenvalue weighted by atomic mass is 10.3. The minimum Gasteiger partial charge on any atom is -0.391 e. The first-order chi connectivity index (χ1) is 5.77. The van der Waals surface area contributed by atoms with Gasteiger partial charge in [-0.25, -0.2) is 4.98 Å². The van der Waals surface area contributed by atoms with Gasteiger partial charge in [-0.05, 0) is 6.42 Å². The normalized spacial score (nSPS) is 23.5. The SMILES string of the molecule is Cn1ccnc1N1CC[C@@H](O)C1. The van der Waals surface area contributed by atoms with Gasteiger partial charge >= 0.3 is 0 Å². The summed E-state index contributed by atoms with van der Waals surface area (Å²) < 4.78 is 1.97. The lowest BCUT2D eigenvalue weighted by Gasteiger charge is -2.15. The summed E-state index contributed by atoms with van der Waals surface area (Å²) in [6, 6.07) is 0. The Morgan fingerprint density at radius 3 is 3.00 bits per heavy atom. The van der Waals surface area contributed by atoms with E-state index in [4.69, 9.17) is 0 Å². The summed E-state index contributed by atoms with van der Waals surface area (Å²) >= 11 is 0. The smallest absolute Gasteiger partial charge is 0.205 e. The molecule has 1 fully saturated rings. The minimum atomic E-state index is -0.179. The summed E-state index contributed by atoms with van der Waals surface area (Å²) in [7, 11) is 1.97. The van der Waals surface area contributed by atoms with Crippen molar-refractivity contribution in [2.24, 2.45) is 7.05 Å². The van der Waals surface area contributed by atoms with E-state index in [0.717, 1.165) is 18.9 Å². The Morgan fingerprint density at radius 2 is 2.50 bits per heavy atom. The number of imidazole rings is 1. The van der Waals surface area contributed by atoms with Gasteiger partial charge in [0, 0.05) is 32.5 Å². The van der Waals surface area contributed by atoms with Gasteiger partial charge in [-0.2, -0.15) is 0 Å². The maximum absolute atomic E-state index is 9.31. The van der Waals surface area contributed by atoms with Crippen molar-refractivity contribution in [3.63, 3.8) is 0 Å². The molecule has 1 saturated heterocycles. The predicted molar refractivity (Wildman–Crippen MR) is 46.0 cm³/mol. The van der Waals surface area contributed by atoms with Gasteiger partial charge in [0.25, 0.3) is 0 Å². The van der Waals surface area contributed by atoms with E-state index >= 15 is 0 Å². The average molecular weight is 167 g/mol. The first-order valence-corrected chi connectivity index (χ1v) is 4.17. The molecule has 12 heavy (non-hydrogen) atoms. The molecule has 1 aromatic rings. The maximum atomic E-state index is 9.31. The van der Waals surface area contributed by atoms with Crippen LogP contribution in [-0.4, -0.2) is 33.9 Å². The second kappa shape index (κ2) is 2.79. The van der Waals surface area contributed by atoms with Crippen LogP contribution in [0.5, 0.6) is 0 Å². The lowest BCUT2D eigenvalue weighted by Crippen LogP contribution is -2.23. The summed E-state index contributed by atoms with van der Waals surface area (Å²) in [5, 5.41) is 9.31. The summed E-state index contributed by atoms with van der Waals surface area (Å²) in [6.45, 7) is 1.62. The second-order valence-corrected chi connectivity index (χ2v) is 3.23. The molecular weight excluding hydrogens is 154 g/mol. The van der Waals surface area contributed by atoms with Gasteiger partial charge in [-0.15, -0.1) is 0 Å². The van der Waals surface area contributed by atoms with Crippen molar-refractivity contribution in [2.75, 3.05) is 18.0 Å². The zero-order chi connectivity index (χ0) is 8.55. The molecule has 2 heterocycles. The Morgan fingerprint density at radius 1 is 1.67 bits per heavy atom. The Labute approximate surface area is 71.4 Å². The highest BCUT2D eigenvalue weighted by molar-refractivity contribution is 5.32. The minimum absolute atomic E-state index is 0.179. The standard InChI is InChI=1S/C8H13N3O/c1-10-5-3-9-8(10)11-4-2-7(12)6-11/h3,5,7,12H,2,4,6H2,1H3/t7-/m1/s1. The average Bonchev–Trinajstić information content (AvgIpc) is 2.58. The topological polar surface area (TPSA) is 41.3 Å². The van der Waals surface area contributed by atoms with Gasteiger partial charge in [0.1, 0.15) is 0 Å². The Balaban J connectivity index is 2.16. The van der Waals surface area contributed by atoms with Gasteiger partial charge < -0.3 is 14.6 Å². The van der Waals surface area contributed by atoms with E-state index in [1.54, 1.807) is 6.20 Å². The third kappa shape index (κ3) is 1.18. The van der Waals surface area contributed by atoms with Crippen molar-refractivity contribution >= 4 is 5.95 Å². The zero-order valence-corrected chi connectivity index (χ0v) is 7.14. The van der Waals surface area contributed by atoms with E-state index in [9.17, 15) is 5.11 Å². The Bertz CT molecular complexity index is 271. The molecule has 66 valence electrons. The molecule has 0 unspecified atom stereocenters. The van der Waals surface area contributed by atoms with Crippen LogP contribution in [0.4, 0.5) is 5.95 Å². The second-order valence-electron chi connectivity index (χ2n) is 3.23. The zero-order valence-electron chi connectivity index (χ0n) is 7.14. The molecule has 0 aliphatic carbocycles. The van der Waals surface area contributed by atoms with Crippen LogP contribution in [0.25, 0.3) is 0 Å². The number of anilines is 1. The van der Waals surface area contributed by atoms with Crippen LogP contribution in [0.1, 0.15) is 6.42 Å². The molecule has 0 radical (unpaired) electrons. The molecule has 0 amide bonds. The van der Waals surface area contributed by atoms with Gasteiger partial charge in [0.15, 0.2) is 0 Å². The molecule has 1 aliphatic heterocycles. The molecule has 1 aromatic heterocycles. The molecule has 0 spiro atoms. The Hall–Kier alpha value is -1.03. The highest BCUT2D eigenvalue weighted by Gasteiger charge is 2.22. The number of aliphatic hydroxyl groups excluding tert-OH is 1. The number of rotatable bonds is 1. The van der Waals surface area contributed by atoms with E-state index < -0.39 is 0 Å². The quantitative estimate of drug-likeness (QED) is 0.639. The van der Waals surface area contributed by atoms with Crippen molar-refractivity contribution in [3.8, 4) is 0 Å². The molecule has 0 aromatic carbocycles. The van der Waals surface area contributed by atoms with Gasteiger partial charge in [-0.1, -0.05) is 0 Å². The maximum Gasteiger partial charge on any atom is 0.205 e. The van der Waals surface area contributed by atoms with Gasteiger partial charge in [-0.3, -0.25) is 0 Å². The molecule has 0 saturated carbocycles. The van der Waals surface area contributed by atoms with E-state index in [1.165, 1.54) is 0 Å². The van der Waals surface area contributed by atoms with E-state index in [2.05, 4.69) is 9.88 Å². The van der Waals surface area contributed by atoms with Gasteiger partial charge in [0.2, 0.25) is 5.95 Å². The molecule has 4 nitrogen and oxygen atoms in total. The first kappa shape index (κ1) is 7.61. The molecule has 1 atom stereocenters. The largest absolute Gasteiger partial charge is 0.391 e. The number of nitrogens with zero attached hydrogens (tertiary/aromatic N) is 3. The summed E-state index contributed by atoms with van der Waals surface area (Å²) in [4.78, 5) is 6.31. The predicted octanol–water partition coefficient (Wildman–Crippen LogP) is -0.00890. The molecule has 0 bridgehead atoms. The van der Waals surface area contributed by atoms with Crippen molar-refractivity contribution < 1.29 is 5.11 Å². The third-order valence-electron chi connectivity index (χ3n) is 2.24. The number of aromatic nitrogens is 2. The van der Waals surface area contributed by atoms with E-state index in [-0.39, 0.29) is 6.10 Å². The van der Waals surface area contributed by atoms with Crippen molar-refractivity contribution in [2.45, 2.75) is 12.5 Å². The van der Waals surface area contributed by atoms with Crippen LogP contribution in [0.15, 0.2) is 12.4 Å². The third-order valence-corrected chi connectivity index (χ3v) is 2.24. The van der Waals surface area contributed by atoms with Crippen LogP contribution >= 0.6 is 0 Å². The van der Waals surface area contributed by atoms with Crippen LogP contribution in [0.2, 0.25) is 0 Å². The summed E-state index contributed by atoms with van der Waals surface area (Å²) in [5.41, 5.74) is 0. The van der Waals surface area contributed by atoms with Gasteiger partial charge in [0.05, 0.1) is 6.10 Å². The molecule has 1 N–H and O–H groups in total. The molecule has 1 aliphatic rings. The van der Waals surface area contributed by atoms with Crippen LogP contribution in [0.3, 0.4) is 0 Å².